The van der Waals surface area contributed by atoms with Crippen molar-refractivity contribution in [2.45, 2.75) is 36.0 Å². The number of nitrogens with zero attached hydrogens (tertiary/aromatic N) is 1. The summed E-state index contributed by atoms with van der Waals surface area (Å²) in [4.78, 5) is 0.331. The quantitative estimate of drug-likeness (QED) is 0.676. The zero-order valence-corrected chi connectivity index (χ0v) is 18.1. The molecule has 2 heterocycles. The van der Waals surface area contributed by atoms with Crippen molar-refractivity contribution in [2.75, 3.05) is 32.9 Å². The molecule has 1 fully saturated rings. The van der Waals surface area contributed by atoms with Crippen molar-refractivity contribution in [3.8, 4) is 5.75 Å². The van der Waals surface area contributed by atoms with Gasteiger partial charge in [-0.15, -0.1) is 0 Å². The summed E-state index contributed by atoms with van der Waals surface area (Å²) in [6, 6.07) is 16.7. The van der Waals surface area contributed by atoms with Crippen molar-refractivity contribution in [3.63, 3.8) is 0 Å². The molecule has 30 heavy (non-hydrogen) atoms. The van der Waals surface area contributed by atoms with E-state index < -0.39 is 10.0 Å². The summed E-state index contributed by atoms with van der Waals surface area (Å²) in [6.07, 6.45) is 3.27. The molecule has 1 atom stereocenters. The normalized spacial score (nSPS) is 23.9. The van der Waals surface area contributed by atoms with E-state index in [2.05, 4.69) is 12.6 Å². The van der Waals surface area contributed by atoms with Crippen LogP contribution in [0.3, 0.4) is 0 Å². The minimum atomic E-state index is -3.57. The zero-order valence-electron chi connectivity index (χ0n) is 17.3. The maximum absolute atomic E-state index is 13.3. The molecule has 2 aromatic rings. The van der Waals surface area contributed by atoms with Crippen LogP contribution < -0.4 is 4.74 Å². The molecule has 2 aliphatic heterocycles. The molecule has 4 rings (SSSR count). The van der Waals surface area contributed by atoms with Crippen LogP contribution in [0.4, 0.5) is 0 Å². The number of rotatable bonds is 2. The summed E-state index contributed by atoms with van der Waals surface area (Å²) in [7, 11) is -3.57. The molecule has 160 valence electrons. The molecule has 0 aromatic heterocycles. The fourth-order valence-corrected chi connectivity index (χ4v) is 5.91. The average molecular weight is 428 g/mol. The Labute approximate surface area is 179 Å². The Morgan fingerprint density at radius 2 is 1.70 bits per heavy atom. The van der Waals surface area contributed by atoms with Crippen LogP contribution in [0.25, 0.3) is 0 Å². The third kappa shape index (κ3) is 4.31. The van der Waals surface area contributed by atoms with E-state index in [-0.39, 0.29) is 5.41 Å². The lowest BCUT2D eigenvalue weighted by Gasteiger charge is -2.31. The fraction of sp³-hybridized carbons (Fsp3) is 0.417. The summed E-state index contributed by atoms with van der Waals surface area (Å²) >= 11 is 0. The van der Waals surface area contributed by atoms with Gasteiger partial charge >= 0.3 is 0 Å². The summed E-state index contributed by atoms with van der Waals surface area (Å²) in [5.41, 5.74) is 1.68. The molecule has 0 amide bonds. The second kappa shape index (κ2) is 8.92. The Kier molecular flexibility index (Phi) is 6.27. The van der Waals surface area contributed by atoms with Gasteiger partial charge < -0.3 is 9.47 Å². The molecule has 1 saturated heterocycles. The molecule has 0 saturated carbocycles. The Morgan fingerprint density at radius 3 is 2.53 bits per heavy atom. The number of hydrogen-bond donors (Lipinski definition) is 0. The van der Waals surface area contributed by atoms with Crippen molar-refractivity contribution in [1.82, 2.24) is 4.31 Å². The third-order valence-corrected chi connectivity index (χ3v) is 7.77. The minimum Gasteiger partial charge on any atom is -0.492 e. The van der Waals surface area contributed by atoms with E-state index in [1.165, 1.54) is 0 Å². The number of sulfonamides is 1. The summed E-state index contributed by atoms with van der Waals surface area (Å²) in [5, 5.41) is 0. The maximum atomic E-state index is 13.3. The van der Waals surface area contributed by atoms with Crippen molar-refractivity contribution in [2.24, 2.45) is 0 Å². The van der Waals surface area contributed by atoms with Gasteiger partial charge in [0.05, 0.1) is 16.9 Å². The van der Waals surface area contributed by atoms with Gasteiger partial charge in [0.1, 0.15) is 12.4 Å². The molecule has 2 aliphatic rings. The van der Waals surface area contributed by atoms with E-state index in [1.807, 2.05) is 24.3 Å². The van der Waals surface area contributed by atoms with E-state index in [4.69, 9.17) is 9.47 Å². The van der Waals surface area contributed by atoms with Crippen LogP contribution in [0.15, 0.2) is 71.6 Å². The molecule has 6 heteroatoms. The molecule has 2 aromatic carbocycles. The molecule has 0 radical (unpaired) electrons. The Hall–Kier alpha value is -2.15. The predicted octanol–water partition coefficient (Wildman–Crippen LogP) is 4.15. The minimum absolute atomic E-state index is 0.307. The van der Waals surface area contributed by atoms with Gasteiger partial charge in [0.25, 0.3) is 0 Å². The van der Waals surface area contributed by atoms with Crippen LogP contribution in [-0.2, 0) is 20.2 Å². The molecule has 1 unspecified atom stereocenters. The Morgan fingerprint density at radius 1 is 0.933 bits per heavy atom. The van der Waals surface area contributed by atoms with Crippen molar-refractivity contribution in [3.05, 3.63) is 72.3 Å². The number of fused-ring (bicyclic) bond motifs is 2. The number of para-hydroxylation sites is 1. The van der Waals surface area contributed by atoms with Crippen LogP contribution in [0.1, 0.15) is 31.2 Å². The lowest BCUT2D eigenvalue weighted by molar-refractivity contribution is 0.0668. The highest BCUT2D eigenvalue weighted by Crippen LogP contribution is 2.43. The molecular formula is C24H29NO4S. The zero-order chi connectivity index (χ0) is 21.0. The lowest BCUT2D eigenvalue weighted by Crippen LogP contribution is -2.38. The second-order valence-corrected chi connectivity index (χ2v) is 10.2. The first kappa shape index (κ1) is 21.1. The number of hydrogen-bond acceptors (Lipinski definition) is 4. The standard InChI is InChI=1S/C24H29NO4S/c1-20-16-24(19-29-23-13-7-6-12-22(23)24)18-28-15-9-3-8-14-25(17-20)30(26,27)21-10-4-2-5-11-21/h2,4-7,10-13H,1,3,8-9,14-19H2. The number of benzene rings is 2. The van der Waals surface area contributed by atoms with Gasteiger partial charge in [0, 0.05) is 25.3 Å². The van der Waals surface area contributed by atoms with Gasteiger partial charge in [-0.25, -0.2) is 8.42 Å². The fourth-order valence-electron chi connectivity index (χ4n) is 4.39. The Bertz CT molecular complexity index is 989. The summed E-state index contributed by atoms with van der Waals surface area (Å²) in [5.74, 6) is 0.884. The van der Waals surface area contributed by atoms with Gasteiger partial charge in [-0.1, -0.05) is 48.6 Å². The first-order valence-electron chi connectivity index (χ1n) is 10.5. The number of ether oxygens (including phenoxy) is 2. The monoisotopic (exact) mass is 427 g/mol. The van der Waals surface area contributed by atoms with Crippen molar-refractivity contribution >= 4 is 10.0 Å². The van der Waals surface area contributed by atoms with E-state index in [0.29, 0.717) is 44.2 Å². The SMILES string of the molecule is C=C1CN(S(=O)(=O)c2ccccc2)CCCCCOCC2(COc3ccccc32)C1. The third-order valence-electron chi connectivity index (χ3n) is 5.91. The average Bonchev–Trinajstić information content (AvgIpc) is 3.10. The summed E-state index contributed by atoms with van der Waals surface area (Å²) < 4.78 is 40.2. The van der Waals surface area contributed by atoms with Gasteiger partial charge in [-0.05, 0) is 43.9 Å². The van der Waals surface area contributed by atoms with E-state index in [9.17, 15) is 8.42 Å². The topological polar surface area (TPSA) is 55.8 Å². The molecule has 1 spiro atoms. The first-order chi connectivity index (χ1) is 14.5. The largest absolute Gasteiger partial charge is 0.492 e. The van der Waals surface area contributed by atoms with E-state index >= 15 is 0 Å². The van der Waals surface area contributed by atoms with Crippen molar-refractivity contribution in [1.29, 1.82) is 0 Å². The van der Waals surface area contributed by atoms with Gasteiger partial charge in [-0.3, -0.25) is 0 Å². The van der Waals surface area contributed by atoms with Crippen LogP contribution >= 0.6 is 0 Å². The van der Waals surface area contributed by atoms with Gasteiger partial charge in [-0.2, -0.15) is 4.31 Å². The molecule has 0 bridgehead atoms. The second-order valence-electron chi connectivity index (χ2n) is 8.26. The van der Waals surface area contributed by atoms with E-state index in [1.54, 1.807) is 28.6 Å². The Balaban J connectivity index is 1.61. The lowest BCUT2D eigenvalue weighted by atomic mass is 9.78. The van der Waals surface area contributed by atoms with Crippen LogP contribution in [0, 0.1) is 0 Å². The molecule has 0 N–H and O–H groups in total. The van der Waals surface area contributed by atoms with Crippen molar-refractivity contribution < 1.29 is 17.9 Å². The van der Waals surface area contributed by atoms with Crippen LogP contribution in [-0.4, -0.2) is 45.6 Å². The molecular weight excluding hydrogens is 398 g/mol. The predicted molar refractivity (Wildman–Crippen MR) is 117 cm³/mol. The van der Waals surface area contributed by atoms with Gasteiger partial charge in [0.15, 0.2) is 0 Å². The van der Waals surface area contributed by atoms with Crippen LogP contribution in [0.2, 0.25) is 0 Å². The highest BCUT2D eigenvalue weighted by Gasteiger charge is 2.42. The van der Waals surface area contributed by atoms with E-state index in [0.717, 1.165) is 36.1 Å². The summed E-state index contributed by atoms with van der Waals surface area (Å²) in [6.45, 7) is 6.81. The maximum Gasteiger partial charge on any atom is 0.243 e. The van der Waals surface area contributed by atoms with Crippen LogP contribution in [0.5, 0.6) is 5.75 Å². The highest BCUT2D eigenvalue weighted by atomic mass is 32.2. The smallest absolute Gasteiger partial charge is 0.243 e. The highest BCUT2D eigenvalue weighted by molar-refractivity contribution is 7.89. The molecule has 5 nitrogen and oxygen atoms in total. The van der Waals surface area contributed by atoms with Gasteiger partial charge in [0.2, 0.25) is 10.0 Å². The first-order valence-corrected chi connectivity index (χ1v) is 12.0. The molecule has 0 aliphatic carbocycles.